The highest BCUT2D eigenvalue weighted by Crippen LogP contribution is 2.20. The van der Waals surface area contributed by atoms with E-state index in [0.717, 1.165) is 12.8 Å². The molecule has 1 N–H and O–H groups in total. The Hall–Kier alpha value is -0.600. The van der Waals surface area contributed by atoms with Crippen molar-refractivity contribution < 1.29 is 5.11 Å². The van der Waals surface area contributed by atoms with Crippen molar-refractivity contribution in [1.82, 2.24) is 0 Å². The van der Waals surface area contributed by atoms with Crippen LogP contribution in [0.2, 0.25) is 0 Å². The van der Waals surface area contributed by atoms with Crippen LogP contribution in [0.4, 0.5) is 0 Å². The smallest absolute Gasteiger partial charge is 0.0727 e. The summed E-state index contributed by atoms with van der Waals surface area (Å²) in [4.78, 5) is 1.26. The van der Waals surface area contributed by atoms with Crippen molar-refractivity contribution in [1.29, 1.82) is 0 Å². The van der Waals surface area contributed by atoms with Crippen molar-refractivity contribution in [3.63, 3.8) is 0 Å². The molecule has 0 aromatic carbocycles. The van der Waals surface area contributed by atoms with Crippen LogP contribution < -0.4 is 0 Å². The molecule has 0 radical (unpaired) electrons. The maximum atomic E-state index is 9.85. The van der Waals surface area contributed by atoms with E-state index in [1.165, 1.54) is 29.7 Å². The number of aliphatic hydroxyl groups excluding tert-OH is 1. The summed E-state index contributed by atoms with van der Waals surface area (Å²) in [7, 11) is 0. The molecule has 0 aliphatic carbocycles. The summed E-state index contributed by atoms with van der Waals surface area (Å²) < 4.78 is 0. The van der Waals surface area contributed by atoms with E-state index in [1.54, 1.807) is 11.3 Å². The lowest BCUT2D eigenvalue weighted by Crippen LogP contribution is -2.02. The second-order valence-corrected chi connectivity index (χ2v) is 5.19. The maximum Gasteiger partial charge on any atom is 0.0727 e. The number of aliphatic hydroxyl groups is 1. The minimum Gasteiger partial charge on any atom is -0.389 e. The average molecular weight is 238 g/mol. The molecule has 16 heavy (non-hydrogen) atoms. The number of allylic oxidation sites excluding steroid dienone is 1. The topological polar surface area (TPSA) is 20.2 Å². The van der Waals surface area contributed by atoms with Crippen LogP contribution in [0.15, 0.2) is 23.6 Å². The molecule has 0 aliphatic heterocycles. The highest BCUT2D eigenvalue weighted by molar-refractivity contribution is 7.11. The lowest BCUT2D eigenvalue weighted by Gasteiger charge is -2.06. The minimum absolute atomic E-state index is 0.279. The van der Waals surface area contributed by atoms with E-state index in [9.17, 15) is 5.11 Å². The van der Waals surface area contributed by atoms with Crippen LogP contribution in [0.25, 0.3) is 5.57 Å². The van der Waals surface area contributed by atoms with Gasteiger partial charge in [0, 0.05) is 4.88 Å². The van der Waals surface area contributed by atoms with Gasteiger partial charge in [0.25, 0.3) is 0 Å². The molecule has 90 valence electrons. The van der Waals surface area contributed by atoms with Gasteiger partial charge in [-0.15, -0.1) is 11.3 Å². The Labute approximate surface area is 103 Å². The van der Waals surface area contributed by atoms with Crippen molar-refractivity contribution in [3.8, 4) is 0 Å². The molecule has 1 aromatic heterocycles. The molecule has 0 saturated carbocycles. The molecule has 1 aromatic rings. The molecule has 0 bridgehead atoms. The molecular formula is C14H22OS. The van der Waals surface area contributed by atoms with Gasteiger partial charge in [0.2, 0.25) is 0 Å². The van der Waals surface area contributed by atoms with Crippen molar-refractivity contribution in [3.05, 3.63) is 28.5 Å². The standard InChI is InChI=1S/C14H22OS/c1-3-4-5-6-8-13(15)11-12(2)14-9-7-10-16-14/h7,9-11,13,15H,3-6,8H2,1-2H3/b12-11+/t13-/m1/s1. The van der Waals surface area contributed by atoms with Gasteiger partial charge in [0.15, 0.2) is 0 Å². The second-order valence-electron chi connectivity index (χ2n) is 4.24. The minimum atomic E-state index is -0.279. The predicted molar refractivity (Wildman–Crippen MR) is 72.7 cm³/mol. The van der Waals surface area contributed by atoms with Gasteiger partial charge in [-0.05, 0) is 30.4 Å². The SMILES string of the molecule is CCCCCC[C@@H](O)/C=C(\C)c1cccs1. The lowest BCUT2D eigenvalue weighted by atomic mass is 10.1. The van der Waals surface area contributed by atoms with Crippen molar-refractivity contribution >= 4 is 16.9 Å². The molecule has 0 aliphatic rings. The monoisotopic (exact) mass is 238 g/mol. The summed E-state index contributed by atoms with van der Waals surface area (Å²) in [6.07, 6.45) is 7.49. The van der Waals surface area contributed by atoms with Crippen LogP contribution in [0.1, 0.15) is 50.8 Å². The van der Waals surface area contributed by atoms with E-state index in [-0.39, 0.29) is 6.10 Å². The summed E-state index contributed by atoms with van der Waals surface area (Å²) in [5.41, 5.74) is 1.19. The normalized spacial score (nSPS) is 14.1. The van der Waals surface area contributed by atoms with E-state index in [0.29, 0.717) is 0 Å². The van der Waals surface area contributed by atoms with E-state index in [1.807, 2.05) is 12.1 Å². The Balaban J connectivity index is 2.32. The Bertz CT molecular complexity index is 301. The van der Waals surface area contributed by atoms with Gasteiger partial charge in [-0.3, -0.25) is 0 Å². The van der Waals surface area contributed by atoms with Crippen molar-refractivity contribution in [2.75, 3.05) is 0 Å². The Morgan fingerprint density at radius 1 is 1.44 bits per heavy atom. The number of rotatable bonds is 7. The largest absolute Gasteiger partial charge is 0.389 e. The van der Waals surface area contributed by atoms with Crippen LogP contribution in [0.5, 0.6) is 0 Å². The first-order valence-corrected chi connectivity index (χ1v) is 7.02. The molecular weight excluding hydrogens is 216 g/mol. The highest BCUT2D eigenvalue weighted by Gasteiger charge is 2.02. The number of hydrogen-bond acceptors (Lipinski definition) is 2. The fraction of sp³-hybridized carbons (Fsp3) is 0.571. The second kappa shape index (κ2) is 7.64. The van der Waals surface area contributed by atoms with Crippen LogP contribution in [0, 0.1) is 0 Å². The van der Waals surface area contributed by atoms with Crippen LogP contribution in [-0.4, -0.2) is 11.2 Å². The zero-order valence-corrected chi connectivity index (χ0v) is 11.1. The van der Waals surface area contributed by atoms with Gasteiger partial charge >= 0.3 is 0 Å². The van der Waals surface area contributed by atoms with Crippen LogP contribution in [0.3, 0.4) is 0 Å². The van der Waals surface area contributed by atoms with E-state index in [2.05, 4.69) is 25.3 Å². The summed E-state index contributed by atoms with van der Waals surface area (Å²) in [5.74, 6) is 0. The maximum absolute atomic E-state index is 9.85. The van der Waals surface area contributed by atoms with Gasteiger partial charge in [-0.25, -0.2) is 0 Å². The number of hydrogen-bond donors (Lipinski definition) is 1. The van der Waals surface area contributed by atoms with Gasteiger partial charge in [0.1, 0.15) is 0 Å². The summed E-state index contributed by atoms with van der Waals surface area (Å²) in [6.45, 7) is 4.28. The zero-order chi connectivity index (χ0) is 11.8. The molecule has 0 saturated heterocycles. The van der Waals surface area contributed by atoms with Crippen molar-refractivity contribution in [2.24, 2.45) is 0 Å². The van der Waals surface area contributed by atoms with Gasteiger partial charge in [-0.2, -0.15) is 0 Å². The molecule has 1 nitrogen and oxygen atoms in total. The first-order valence-electron chi connectivity index (χ1n) is 6.14. The van der Waals surface area contributed by atoms with Gasteiger partial charge in [-0.1, -0.05) is 44.7 Å². The third-order valence-corrected chi connectivity index (χ3v) is 3.71. The zero-order valence-electron chi connectivity index (χ0n) is 10.3. The molecule has 1 heterocycles. The van der Waals surface area contributed by atoms with E-state index in [4.69, 9.17) is 0 Å². The first kappa shape index (κ1) is 13.5. The van der Waals surface area contributed by atoms with E-state index < -0.39 is 0 Å². The highest BCUT2D eigenvalue weighted by atomic mass is 32.1. The Kier molecular flexibility index (Phi) is 6.43. The molecule has 0 spiro atoms. The van der Waals surface area contributed by atoms with Crippen LogP contribution in [-0.2, 0) is 0 Å². The van der Waals surface area contributed by atoms with Crippen molar-refractivity contribution in [2.45, 2.75) is 52.1 Å². The van der Waals surface area contributed by atoms with E-state index >= 15 is 0 Å². The fourth-order valence-corrected chi connectivity index (χ4v) is 2.45. The average Bonchev–Trinajstić information content (AvgIpc) is 2.77. The summed E-state index contributed by atoms with van der Waals surface area (Å²) in [5, 5.41) is 11.9. The fourth-order valence-electron chi connectivity index (χ4n) is 1.74. The molecule has 1 rings (SSSR count). The molecule has 0 unspecified atom stereocenters. The predicted octanol–water partition coefficient (Wildman–Crippen LogP) is 4.48. The summed E-state index contributed by atoms with van der Waals surface area (Å²) in [6, 6.07) is 4.14. The Morgan fingerprint density at radius 3 is 2.88 bits per heavy atom. The Morgan fingerprint density at radius 2 is 2.25 bits per heavy atom. The molecule has 1 atom stereocenters. The number of unbranched alkanes of at least 4 members (excludes halogenated alkanes) is 3. The third kappa shape index (κ3) is 4.95. The van der Waals surface area contributed by atoms with Gasteiger partial charge < -0.3 is 5.11 Å². The molecule has 2 heteroatoms. The third-order valence-electron chi connectivity index (χ3n) is 2.71. The summed E-state index contributed by atoms with van der Waals surface area (Å²) >= 11 is 1.73. The number of thiophene rings is 1. The lowest BCUT2D eigenvalue weighted by molar-refractivity contribution is 0.208. The molecule has 0 fully saturated rings. The first-order chi connectivity index (χ1) is 7.74. The van der Waals surface area contributed by atoms with Gasteiger partial charge in [0.05, 0.1) is 6.10 Å². The molecule has 0 amide bonds. The van der Waals surface area contributed by atoms with Crippen LogP contribution >= 0.6 is 11.3 Å². The quantitative estimate of drug-likeness (QED) is 0.694.